The van der Waals surface area contributed by atoms with Crippen LogP contribution in [0.15, 0.2) is 109 Å². The molecule has 398 valence electrons. The van der Waals surface area contributed by atoms with Gasteiger partial charge in [-0.25, -0.2) is 29.9 Å². The molecule has 0 bridgehead atoms. The van der Waals surface area contributed by atoms with Gasteiger partial charge in [0.15, 0.2) is 17.5 Å². The summed E-state index contributed by atoms with van der Waals surface area (Å²) in [7, 11) is -1.40. The summed E-state index contributed by atoms with van der Waals surface area (Å²) < 4.78 is 14.5. The molecule has 2 aliphatic heterocycles. The van der Waals surface area contributed by atoms with Gasteiger partial charge < -0.3 is 43.9 Å². The Morgan fingerprint density at radius 2 is 1.05 bits per heavy atom. The zero-order valence-corrected chi connectivity index (χ0v) is 46.2. The minimum atomic E-state index is -0.710. The molecular weight excluding hydrogens is 1080 g/mol. The number of fused-ring (bicyclic) bond motifs is 3. The Morgan fingerprint density at radius 1 is 0.597 bits per heavy atom. The van der Waals surface area contributed by atoms with Gasteiger partial charge in [0.05, 0.1) is 48.7 Å². The van der Waals surface area contributed by atoms with Crippen LogP contribution >= 0.6 is 39.1 Å². The van der Waals surface area contributed by atoms with E-state index in [4.69, 9.17) is 47.6 Å². The van der Waals surface area contributed by atoms with Crippen molar-refractivity contribution in [3.63, 3.8) is 0 Å². The maximum absolute atomic E-state index is 10.4. The topological polar surface area (TPSA) is 201 Å². The van der Waals surface area contributed by atoms with Crippen molar-refractivity contribution in [3.05, 3.63) is 137 Å². The third-order valence-corrected chi connectivity index (χ3v) is 15.2. The van der Waals surface area contributed by atoms with Gasteiger partial charge in [0, 0.05) is 84.4 Å². The summed E-state index contributed by atoms with van der Waals surface area (Å²) in [5.41, 5.74) is 7.97. The fourth-order valence-corrected chi connectivity index (χ4v) is 11.0. The van der Waals surface area contributed by atoms with Crippen molar-refractivity contribution in [1.29, 1.82) is 0 Å². The number of aliphatic hydroxyl groups is 1. The first-order valence-electron chi connectivity index (χ1n) is 26.2. The highest BCUT2D eigenvalue weighted by atomic mass is 79.9. The standard InChI is InChI=1S/C23H29N5O2.C18H20BClN4O2.C14H12BBrClN3O/c29-19-8-6-17(7-9-19)24-22-20-14-18(15-28-10-12-30-13-11-28)25-23(20)27-21(26-22)16-4-2-1-3-5-16;1-19(25)24-14(12-23-7-9-26-10-8-23)11-15-16(20)21-17(22-18(15)24)13-5-3-2-4-6-13;1-15(21)20-10(8-16)7-11-12(17)18-13(19-14(11)20)9-5-3-2-4-6-9/h1-5,14,17,19,29H,6-13,15H2,(H2,24,25,26,27);2-6,11,25H,7-10,12H2,1H3;2-7,21H,8H2,1H3. The fraction of sp³-hybridized carbons (Fsp3) is 0.345. The molecule has 8 heterocycles. The van der Waals surface area contributed by atoms with Crippen molar-refractivity contribution in [3.8, 4) is 34.2 Å². The number of anilines is 1. The lowest BCUT2D eigenvalue weighted by Crippen LogP contribution is -2.37. The van der Waals surface area contributed by atoms with Crippen molar-refractivity contribution in [2.45, 2.75) is 69.9 Å². The third-order valence-electron chi connectivity index (χ3n) is 14.0. The Morgan fingerprint density at radius 3 is 1.53 bits per heavy atom. The van der Waals surface area contributed by atoms with Crippen LogP contribution in [0.25, 0.3) is 67.3 Å². The number of aromatic nitrogens is 9. The number of aliphatic hydroxyl groups excluding tert-OH is 1. The summed E-state index contributed by atoms with van der Waals surface area (Å²) in [5, 5.41) is 37.8. The molecule has 3 fully saturated rings. The number of rotatable bonds is 12. The molecule has 77 heavy (non-hydrogen) atoms. The van der Waals surface area contributed by atoms with Crippen molar-refractivity contribution in [2.75, 3.05) is 57.9 Å². The minimum Gasteiger partial charge on any atom is -0.432 e. The predicted octanol–water partition coefficient (Wildman–Crippen LogP) is 9.32. The Balaban J connectivity index is 0.000000133. The highest BCUT2D eigenvalue weighted by Crippen LogP contribution is 2.32. The van der Waals surface area contributed by atoms with Gasteiger partial charge in [0.25, 0.3) is 0 Å². The second kappa shape index (κ2) is 25.4. The molecule has 9 aromatic rings. The summed E-state index contributed by atoms with van der Waals surface area (Å²) in [6, 6.07) is 35.9. The zero-order valence-electron chi connectivity index (χ0n) is 43.1. The second-order valence-electron chi connectivity index (χ2n) is 19.5. The van der Waals surface area contributed by atoms with E-state index in [1.165, 1.54) is 0 Å². The van der Waals surface area contributed by atoms with Gasteiger partial charge in [-0.3, -0.25) is 9.80 Å². The van der Waals surface area contributed by atoms with Crippen LogP contribution in [0.4, 0.5) is 5.82 Å². The molecule has 1 aliphatic carbocycles. The molecule has 1 saturated carbocycles. The van der Waals surface area contributed by atoms with Crippen LogP contribution in [0.2, 0.25) is 24.0 Å². The average molecular weight is 1140 g/mol. The van der Waals surface area contributed by atoms with E-state index in [1.807, 2.05) is 108 Å². The molecule has 2 saturated heterocycles. The van der Waals surface area contributed by atoms with E-state index >= 15 is 0 Å². The minimum absolute atomic E-state index is 0.166. The van der Waals surface area contributed by atoms with Crippen molar-refractivity contribution >= 4 is 92.2 Å². The van der Waals surface area contributed by atoms with Gasteiger partial charge in [-0.15, -0.1) is 0 Å². The number of nitrogens with zero attached hydrogens (tertiary/aromatic N) is 10. The van der Waals surface area contributed by atoms with Gasteiger partial charge in [-0.1, -0.05) is 130 Å². The number of alkyl halides is 1. The predicted molar refractivity (Wildman–Crippen MR) is 310 cm³/mol. The number of nitrogens with one attached hydrogen (secondary N) is 2. The SMILES string of the molecule is CB(O)n1c(CBr)cc2c(Cl)nc(-c3ccccc3)nc21.CB(O)n1c(CN2CCOCC2)cc2c(Cl)nc(-c3ccccc3)nc21.OC1CCC(Nc2nc(-c3ccccc3)nc3[nH]c(CN4CCOCC4)cc23)CC1. The Kier molecular flexibility index (Phi) is 18.0. The van der Waals surface area contributed by atoms with Crippen LogP contribution in [-0.2, 0) is 27.9 Å². The van der Waals surface area contributed by atoms with Crippen LogP contribution in [-0.4, -0.2) is 148 Å². The van der Waals surface area contributed by atoms with Gasteiger partial charge in [0.1, 0.15) is 33.1 Å². The second-order valence-corrected chi connectivity index (χ2v) is 20.8. The third kappa shape index (κ3) is 13.1. The van der Waals surface area contributed by atoms with Crippen LogP contribution in [0.1, 0.15) is 42.8 Å². The van der Waals surface area contributed by atoms with E-state index in [9.17, 15) is 15.2 Å². The highest BCUT2D eigenvalue weighted by molar-refractivity contribution is 9.08. The van der Waals surface area contributed by atoms with Gasteiger partial charge >= 0.3 is 14.1 Å². The van der Waals surface area contributed by atoms with Crippen LogP contribution in [0, 0.1) is 0 Å². The maximum Gasteiger partial charge on any atom is 0.415 e. The molecule has 3 aromatic carbocycles. The molecule has 12 rings (SSSR count). The molecule has 0 spiro atoms. The van der Waals surface area contributed by atoms with E-state index in [0.29, 0.717) is 51.2 Å². The first-order chi connectivity index (χ1) is 37.5. The molecule has 22 heteroatoms. The van der Waals surface area contributed by atoms with Crippen molar-refractivity contribution in [1.82, 2.24) is 53.6 Å². The molecule has 0 atom stereocenters. The Bertz CT molecular complexity index is 3390. The summed E-state index contributed by atoms with van der Waals surface area (Å²) in [6.07, 6.45) is 3.43. The number of ether oxygens (including phenoxy) is 2. The summed E-state index contributed by atoms with van der Waals surface area (Å²) in [5.74, 6) is 2.71. The quantitative estimate of drug-likeness (QED) is 0.0440. The molecule has 17 nitrogen and oxygen atoms in total. The lowest BCUT2D eigenvalue weighted by molar-refractivity contribution is 0.0335. The number of hydrogen-bond acceptors (Lipinski definition) is 14. The molecule has 3 aliphatic rings. The Hall–Kier alpha value is -5.77. The van der Waals surface area contributed by atoms with E-state index in [-0.39, 0.29) is 6.10 Å². The molecular formula is C55H61B2BrCl2N12O5. The molecule has 0 amide bonds. The number of morpholine rings is 2. The van der Waals surface area contributed by atoms with Crippen LogP contribution < -0.4 is 5.32 Å². The molecule has 0 unspecified atom stereocenters. The fourth-order valence-electron chi connectivity index (χ4n) is 10.1. The number of hydrogen-bond donors (Lipinski definition) is 5. The first-order valence-corrected chi connectivity index (χ1v) is 28.0. The zero-order chi connectivity index (χ0) is 53.4. The lowest BCUT2D eigenvalue weighted by Gasteiger charge is -2.27. The van der Waals surface area contributed by atoms with E-state index in [2.05, 4.69) is 57.0 Å². The summed E-state index contributed by atoms with van der Waals surface area (Å²) in [4.78, 5) is 36.1. The summed E-state index contributed by atoms with van der Waals surface area (Å²) >= 11 is 16.2. The van der Waals surface area contributed by atoms with Gasteiger partial charge in [-0.2, -0.15) is 0 Å². The van der Waals surface area contributed by atoms with Crippen molar-refractivity contribution < 1.29 is 24.6 Å². The van der Waals surface area contributed by atoms with Crippen LogP contribution in [0.5, 0.6) is 0 Å². The van der Waals surface area contributed by atoms with E-state index < -0.39 is 14.1 Å². The Labute approximate surface area is 466 Å². The normalized spacial score (nSPS) is 17.2. The number of benzene rings is 3. The monoisotopic (exact) mass is 1140 g/mol. The maximum atomic E-state index is 10.4. The van der Waals surface area contributed by atoms with Gasteiger partial charge in [0.2, 0.25) is 0 Å². The molecule has 0 radical (unpaired) electrons. The largest absolute Gasteiger partial charge is 0.432 e. The number of aromatic amines is 1. The number of halogens is 3. The first kappa shape index (κ1) is 54.6. The summed E-state index contributed by atoms with van der Waals surface area (Å²) in [6.45, 7) is 11.7. The van der Waals surface area contributed by atoms with E-state index in [1.54, 1.807) is 18.1 Å². The average Bonchev–Trinajstić information content (AvgIpc) is 4.24. The van der Waals surface area contributed by atoms with Crippen molar-refractivity contribution in [2.24, 2.45) is 0 Å². The lowest BCUT2D eigenvalue weighted by atomic mass is 9.87. The molecule has 5 N–H and O–H groups in total. The number of H-pyrrole nitrogens is 1. The van der Waals surface area contributed by atoms with Gasteiger partial charge in [-0.05, 0) is 57.5 Å². The van der Waals surface area contributed by atoms with Crippen LogP contribution in [0.3, 0.4) is 0 Å². The van der Waals surface area contributed by atoms with E-state index in [0.717, 1.165) is 152 Å². The highest BCUT2D eigenvalue weighted by Gasteiger charge is 2.25. The molecule has 6 aromatic heterocycles. The smallest absolute Gasteiger partial charge is 0.415 e.